The molecule has 1 aliphatic carbocycles. The van der Waals surface area contributed by atoms with Crippen molar-refractivity contribution in [2.24, 2.45) is 11.8 Å². The van der Waals surface area contributed by atoms with E-state index in [0.717, 1.165) is 29.9 Å². The highest BCUT2D eigenvalue weighted by Gasteiger charge is 2.41. The molecule has 2 aromatic rings. The Morgan fingerprint density at radius 2 is 2.09 bits per heavy atom. The highest BCUT2D eigenvalue weighted by molar-refractivity contribution is 5.83. The molecule has 1 saturated heterocycles. The van der Waals surface area contributed by atoms with E-state index >= 15 is 0 Å². The third-order valence-electron chi connectivity index (χ3n) is 5.42. The lowest BCUT2D eigenvalue weighted by Crippen LogP contribution is -2.32. The van der Waals surface area contributed by atoms with Crippen molar-refractivity contribution in [1.29, 1.82) is 0 Å². The van der Waals surface area contributed by atoms with Gasteiger partial charge in [0.15, 0.2) is 0 Å². The number of hydrogen-bond acceptors (Lipinski definition) is 5. The minimum absolute atomic E-state index is 0.200. The van der Waals surface area contributed by atoms with Gasteiger partial charge in [0.2, 0.25) is 0 Å². The van der Waals surface area contributed by atoms with Gasteiger partial charge in [-0.2, -0.15) is 9.50 Å². The third-order valence-corrected chi connectivity index (χ3v) is 5.42. The molecule has 1 N–H and O–H groups in total. The molecule has 122 valence electrons. The number of carboxylic acids is 1. The first-order valence-electron chi connectivity index (χ1n) is 8.29. The summed E-state index contributed by atoms with van der Waals surface area (Å²) in [4.78, 5) is 21.9. The molecule has 1 aliphatic heterocycles. The second-order valence-corrected chi connectivity index (χ2v) is 6.81. The summed E-state index contributed by atoms with van der Waals surface area (Å²) < 4.78 is 1.59. The summed E-state index contributed by atoms with van der Waals surface area (Å²) in [6.07, 6.45) is 5.21. The zero-order valence-corrected chi connectivity index (χ0v) is 13.4. The van der Waals surface area contributed by atoms with E-state index in [1.54, 1.807) is 4.52 Å². The van der Waals surface area contributed by atoms with Crippen LogP contribution in [0.5, 0.6) is 0 Å². The number of aromatic nitrogens is 4. The van der Waals surface area contributed by atoms with Gasteiger partial charge in [-0.3, -0.25) is 0 Å². The van der Waals surface area contributed by atoms with Gasteiger partial charge in [-0.25, -0.2) is 9.78 Å². The summed E-state index contributed by atoms with van der Waals surface area (Å²) in [6.45, 7) is 5.19. The minimum Gasteiger partial charge on any atom is -0.475 e. The predicted octanol–water partition coefficient (Wildman–Crippen LogP) is 2.15. The van der Waals surface area contributed by atoms with E-state index in [4.69, 9.17) is 5.11 Å². The van der Waals surface area contributed by atoms with Crippen molar-refractivity contribution in [3.8, 4) is 0 Å². The lowest BCUT2D eigenvalue weighted by Gasteiger charge is -2.28. The molecule has 3 unspecified atom stereocenters. The Kier molecular flexibility index (Phi) is 3.25. The van der Waals surface area contributed by atoms with E-state index in [1.807, 2.05) is 13.0 Å². The van der Waals surface area contributed by atoms with Gasteiger partial charge >= 0.3 is 5.97 Å². The largest absolute Gasteiger partial charge is 0.475 e. The van der Waals surface area contributed by atoms with Crippen LogP contribution in [0.4, 0.5) is 5.82 Å². The van der Waals surface area contributed by atoms with Gasteiger partial charge in [0.1, 0.15) is 5.82 Å². The third kappa shape index (κ3) is 2.26. The SMILES string of the molecule is Cc1cc(N2CC3CCCCC3C2C)n2nc(C(=O)O)nc2n1. The van der Waals surface area contributed by atoms with Crippen LogP contribution < -0.4 is 4.90 Å². The van der Waals surface area contributed by atoms with Crippen molar-refractivity contribution in [1.82, 2.24) is 19.6 Å². The van der Waals surface area contributed by atoms with Crippen molar-refractivity contribution >= 4 is 17.6 Å². The Bertz CT molecular complexity index is 771. The molecule has 0 radical (unpaired) electrons. The first-order valence-corrected chi connectivity index (χ1v) is 8.29. The molecule has 0 spiro atoms. The van der Waals surface area contributed by atoms with Gasteiger partial charge in [0.25, 0.3) is 11.6 Å². The lowest BCUT2D eigenvalue weighted by molar-refractivity contribution is 0.0684. The summed E-state index contributed by atoms with van der Waals surface area (Å²) >= 11 is 0. The van der Waals surface area contributed by atoms with Crippen LogP contribution in [0.15, 0.2) is 6.07 Å². The molecule has 0 bridgehead atoms. The van der Waals surface area contributed by atoms with E-state index in [0.29, 0.717) is 11.8 Å². The highest BCUT2D eigenvalue weighted by atomic mass is 16.4. The van der Waals surface area contributed by atoms with Gasteiger partial charge in [-0.15, -0.1) is 5.10 Å². The van der Waals surface area contributed by atoms with Crippen molar-refractivity contribution in [3.05, 3.63) is 17.6 Å². The minimum atomic E-state index is -1.12. The van der Waals surface area contributed by atoms with Crippen LogP contribution in [0.2, 0.25) is 0 Å². The van der Waals surface area contributed by atoms with E-state index in [9.17, 15) is 4.79 Å². The van der Waals surface area contributed by atoms with Crippen LogP contribution in [0.1, 0.15) is 48.9 Å². The molecule has 3 atom stereocenters. The average molecular weight is 315 g/mol. The molecule has 0 amide bonds. The Morgan fingerprint density at radius 1 is 1.30 bits per heavy atom. The molecular formula is C16H21N5O2. The molecular weight excluding hydrogens is 294 g/mol. The summed E-state index contributed by atoms with van der Waals surface area (Å²) in [5, 5.41) is 13.3. The summed E-state index contributed by atoms with van der Waals surface area (Å²) in [6, 6.07) is 2.42. The Labute approximate surface area is 134 Å². The van der Waals surface area contributed by atoms with Gasteiger partial charge in [-0.1, -0.05) is 12.8 Å². The number of rotatable bonds is 2. The van der Waals surface area contributed by atoms with Gasteiger partial charge in [0, 0.05) is 24.3 Å². The Hall–Kier alpha value is -2.18. The number of nitrogens with zero attached hydrogens (tertiary/aromatic N) is 5. The molecule has 2 aliphatic rings. The van der Waals surface area contributed by atoms with Crippen LogP contribution in [0.3, 0.4) is 0 Å². The molecule has 0 aromatic carbocycles. The maximum absolute atomic E-state index is 11.2. The van der Waals surface area contributed by atoms with Gasteiger partial charge in [-0.05, 0) is 38.5 Å². The van der Waals surface area contributed by atoms with Crippen LogP contribution in [0.25, 0.3) is 5.78 Å². The standard InChI is InChI=1S/C16H21N5O2/c1-9-7-13(21-16(17-9)18-14(19-21)15(22)23)20-8-11-5-3-4-6-12(11)10(20)2/h7,10-12H,3-6,8H2,1-2H3,(H,22,23). The zero-order valence-electron chi connectivity index (χ0n) is 13.4. The first kappa shape index (κ1) is 14.4. The fourth-order valence-electron chi connectivity index (χ4n) is 4.31. The summed E-state index contributed by atoms with van der Waals surface area (Å²) in [5.41, 5.74) is 0.832. The maximum atomic E-state index is 11.2. The lowest BCUT2D eigenvalue weighted by atomic mass is 9.79. The normalized spacial score (nSPS) is 27.4. The van der Waals surface area contributed by atoms with E-state index in [1.165, 1.54) is 25.7 Å². The second kappa shape index (κ2) is 5.18. The topological polar surface area (TPSA) is 83.6 Å². The molecule has 3 heterocycles. The predicted molar refractivity (Wildman–Crippen MR) is 84.7 cm³/mol. The molecule has 4 rings (SSSR count). The number of carboxylic acid groups (broad SMARTS) is 1. The van der Waals surface area contributed by atoms with Crippen molar-refractivity contribution < 1.29 is 9.90 Å². The van der Waals surface area contributed by atoms with Crippen molar-refractivity contribution in [2.75, 3.05) is 11.4 Å². The number of carbonyl (C=O) groups is 1. The van der Waals surface area contributed by atoms with E-state index in [2.05, 4.69) is 26.9 Å². The molecule has 1 saturated carbocycles. The fraction of sp³-hybridized carbons (Fsp3) is 0.625. The zero-order chi connectivity index (χ0) is 16.1. The number of hydrogen-bond donors (Lipinski definition) is 1. The van der Waals surface area contributed by atoms with Crippen LogP contribution >= 0.6 is 0 Å². The molecule has 7 heteroatoms. The van der Waals surface area contributed by atoms with E-state index < -0.39 is 5.97 Å². The number of aromatic carboxylic acids is 1. The number of anilines is 1. The average Bonchev–Trinajstić information content (AvgIpc) is 3.09. The quantitative estimate of drug-likeness (QED) is 0.914. The van der Waals surface area contributed by atoms with Crippen LogP contribution in [-0.2, 0) is 0 Å². The van der Waals surface area contributed by atoms with Gasteiger partial charge < -0.3 is 10.0 Å². The van der Waals surface area contributed by atoms with Crippen LogP contribution in [0, 0.1) is 18.8 Å². The molecule has 23 heavy (non-hydrogen) atoms. The van der Waals surface area contributed by atoms with E-state index in [-0.39, 0.29) is 5.82 Å². The fourth-order valence-corrected chi connectivity index (χ4v) is 4.31. The maximum Gasteiger partial charge on any atom is 0.375 e. The van der Waals surface area contributed by atoms with Gasteiger partial charge in [0.05, 0.1) is 0 Å². The van der Waals surface area contributed by atoms with Crippen LogP contribution in [-0.4, -0.2) is 43.2 Å². The summed E-state index contributed by atoms with van der Waals surface area (Å²) in [5.74, 6) is 1.39. The number of fused-ring (bicyclic) bond motifs is 2. The highest BCUT2D eigenvalue weighted by Crippen LogP contribution is 2.42. The van der Waals surface area contributed by atoms with Crippen molar-refractivity contribution in [3.63, 3.8) is 0 Å². The Morgan fingerprint density at radius 3 is 2.83 bits per heavy atom. The smallest absolute Gasteiger partial charge is 0.375 e. The summed E-state index contributed by atoms with van der Waals surface area (Å²) in [7, 11) is 0. The monoisotopic (exact) mass is 315 g/mol. The molecule has 7 nitrogen and oxygen atoms in total. The number of aryl methyl sites for hydroxylation is 1. The molecule has 2 aromatic heterocycles. The molecule has 2 fully saturated rings. The second-order valence-electron chi connectivity index (χ2n) is 6.81. The van der Waals surface area contributed by atoms with Crippen molar-refractivity contribution in [2.45, 2.75) is 45.6 Å². The first-order chi connectivity index (χ1) is 11.0. The Balaban J connectivity index is 1.80.